The summed E-state index contributed by atoms with van der Waals surface area (Å²) in [6.07, 6.45) is 4.94. The Morgan fingerprint density at radius 3 is 2.56 bits per heavy atom. The van der Waals surface area contributed by atoms with Crippen LogP contribution in [0.1, 0.15) is 46.5 Å². The van der Waals surface area contributed by atoms with Crippen molar-refractivity contribution >= 4 is 5.91 Å². The molecule has 3 nitrogen and oxygen atoms in total. The van der Waals surface area contributed by atoms with Gasteiger partial charge in [-0.15, -0.1) is 0 Å². The Morgan fingerprint density at radius 2 is 2.06 bits per heavy atom. The molecule has 0 aromatic carbocycles. The van der Waals surface area contributed by atoms with Crippen molar-refractivity contribution in [2.75, 3.05) is 20.2 Å². The minimum atomic E-state index is -0.276. The van der Waals surface area contributed by atoms with E-state index in [1.165, 1.54) is 12.8 Å². The minimum absolute atomic E-state index is 0.211. The van der Waals surface area contributed by atoms with Gasteiger partial charge >= 0.3 is 0 Å². The quantitative estimate of drug-likeness (QED) is 0.741. The number of rotatable bonds is 3. The summed E-state index contributed by atoms with van der Waals surface area (Å²) in [5.41, 5.74) is -0.276. The summed E-state index contributed by atoms with van der Waals surface area (Å²) < 4.78 is 5.66. The van der Waals surface area contributed by atoms with E-state index in [1.807, 2.05) is 32.7 Å². The summed E-state index contributed by atoms with van der Waals surface area (Å²) in [6, 6.07) is 0. The van der Waals surface area contributed by atoms with E-state index in [0.717, 1.165) is 26.0 Å². The van der Waals surface area contributed by atoms with Crippen LogP contribution in [0.4, 0.5) is 0 Å². The van der Waals surface area contributed by atoms with Crippen LogP contribution < -0.4 is 0 Å². The number of carbonyl (C=O) groups excluding carboxylic acids is 1. The molecule has 1 saturated heterocycles. The zero-order chi connectivity index (χ0) is 12.2. The van der Waals surface area contributed by atoms with Crippen LogP contribution >= 0.6 is 0 Å². The first kappa shape index (κ1) is 13.5. The van der Waals surface area contributed by atoms with Crippen LogP contribution in [0.25, 0.3) is 0 Å². The molecule has 1 atom stereocenters. The van der Waals surface area contributed by atoms with Gasteiger partial charge < -0.3 is 9.64 Å². The lowest BCUT2D eigenvalue weighted by Gasteiger charge is -2.28. The van der Waals surface area contributed by atoms with Gasteiger partial charge in [0.1, 0.15) is 0 Å². The van der Waals surface area contributed by atoms with Crippen molar-refractivity contribution in [2.24, 2.45) is 5.41 Å². The van der Waals surface area contributed by atoms with E-state index in [9.17, 15) is 4.79 Å². The molecular formula is C13H25NO2. The van der Waals surface area contributed by atoms with Crippen molar-refractivity contribution in [2.45, 2.75) is 52.6 Å². The second kappa shape index (κ2) is 5.67. The largest absolute Gasteiger partial charge is 0.378 e. The molecule has 3 heteroatoms. The maximum atomic E-state index is 11.9. The lowest BCUT2D eigenvalue weighted by molar-refractivity contribution is -0.138. The van der Waals surface area contributed by atoms with Crippen molar-refractivity contribution in [3.8, 4) is 0 Å². The van der Waals surface area contributed by atoms with Crippen molar-refractivity contribution in [3.63, 3.8) is 0 Å². The highest BCUT2D eigenvalue weighted by atomic mass is 16.5. The van der Waals surface area contributed by atoms with Crippen molar-refractivity contribution in [1.82, 2.24) is 4.90 Å². The summed E-state index contributed by atoms with van der Waals surface area (Å²) in [7, 11) is 1.89. The molecule has 1 unspecified atom stereocenters. The van der Waals surface area contributed by atoms with Gasteiger partial charge in [0.05, 0.1) is 6.10 Å². The molecule has 0 aromatic rings. The first-order valence-corrected chi connectivity index (χ1v) is 6.28. The van der Waals surface area contributed by atoms with Gasteiger partial charge in [0.25, 0.3) is 0 Å². The molecule has 0 aromatic heterocycles. The molecule has 16 heavy (non-hydrogen) atoms. The molecule has 1 fully saturated rings. The SMILES string of the molecule is CN(CCC1CCCCO1)C(=O)C(C)(C)C. The third-order valence-corrected chi connectivity index (χ3v) is 3.05. The summed E-state index contributed by atoms with van der Waals surface area (Å²) >= 11 is 0. The molecule has 0 bridgehead atoms. The van der Waals surface area contributed by atoms with Crippen LogP contribution in [-0.4, -0.2) is 37.1 Å². The van der Waals surface area contributed by atoms with Gasteiger partial charge in [-0.25, -0.2) is 0 Å². The van der Waals surface area contributed by atoms with Gasteiger partial charge in [-0.1, -0.05) is 20.8 Å². The normalized spacial score (nSPS) is 21.9. The fraction of sp³-hybridized carbons (Fsp3) is 0.923. The first-order valence-electron chi connectivity index (χ1n) is 6.28. The van der Waals surface area contributed by atoms with Gasteiger partial charge in [0.2, 0.25) is 5.91 Å². The van der Waals surface area contributed by atoms with Crippen molar-refractivity contribution < 1.29 is 9.53 Å². The number of ether oxygens (including phenoxy) is 1. The van der Waals surface area contributed by atoms with E-state index in [-0.39, 0.29) is 11.3 Å². The van der Waals surface area contributed by atoms with Crippen LogP contribution in [0.15, 0.2) is 0 Å². The molecule has 0 saturated carbocycles. The van der Waals surface area contributed by atoms with Crippen LogP contribution in [0.2, 0.25) is 0 Å². The van der Waals surface area contributed by atoms with Gasteiger partial charge in [0, 0.05) is 25.6 Å². The summed E-state index contributed by atoms with van der Waals surface area (Å²) in [5.74, 6) is 0.211. The molecule has 0 N–H and O–H groups in total. The van der Waals surface area contributed by atoms with E-state index in [0.29, 0.717) is 6.10 Å². The molecule has 94 valence electrons. The smallest absolute Gasteiger partial charge is 0.227 e. The Bertz CT molecular complexity index is 227. The highest BCUT2D eigenvalue weighted by Gasteiger charge is 2.25. The summed E-state index contributed by atoms with van der Waals surface area (Å²) in [6.45, 7) is 7.58. The zero-order valence-corrected chi connectivity index (χ0v) is 11.1. The Balaban J connectivity index is 2.28. The predicted octanol–water partition coefficient (Wildman–Crippen LogP) is 2.45. The Kier molecular flexibility index (Phi) is 4.78. The second-order valence-electron chi connectivity index (χ2n) is 5.75. The van der Waals surface area contributed by atoms with Crippen LogP contribution in [0.5, 0.6) is 0 Å². The number of hydrogen-bond acceptors (Lipinski definition) is 2. The Labute approximate surface area is 99.1 Å². The maximum Gasteiger partial charge on any atom is 0.227 e. The lowest BCUT2D eigenvalue weighted by Crippen LogP contribution is -2.38. The molecule has 1 rings (SSSR count). The van der Waals surface area contributed by atoms with Gasteiger partial charge in [-0.05, 0) is 25.7 Å². The Morgan fingerprint density at radius 1 is 1.38 bits per heavy atom. The van der Waals surface area contributed by atoms with Crippen molar-refractivity contribution in [1.29, 1.82) is 0 Å². The predicted molar refractivity (Wildman–Crippen MR) is 65.3 cm³/mol. The average Bonchev–Trinajstić information content (AvgIpc) is 2.25. The van der Waals surface area contributed by atoms with Gasteiger partial charge in [-0.3, -0.25) is 4.79 Å². The van der Waals surface area contributed by atoms with E-state index in [2.05, 4.69) is 0 Å². The van der Waals surface area contributed by atoms with E-state index < -0.39 is 0 Å². The molecule has 1 aliphatic heterocycles. The molecule has 1 amide bonds. The van der Waals surface area contributed by atoms with Gasteiger partial charge in [0.15, 0.2) is 0 Å². The molecule has 0 radical (unpaired) electrons. The third-order valence-electron chi connectivity index (χ3n) is 3.05. The summed E-state index contributed by atoms with van der Waals surface area (Å²) in [4.78, 5) is 13.8. The van der Waals surface area contributed by atoms with E-state index in [1.54, 1.807) is 0 Å². The topological polar surface area (TPSA) is 29.5 Å². The number of nitrogens with zero attached hydrogens (tertiary/aromatic N) is 1. The average molecular weight is 227 g/mol. The highest BCUT2D eigenvalue weighted by molar-refractivity contribution is 5.81. The summed E-state index contributed by atoms with van der Waals surface area (Å²) in [5, 5.41) is 0. The van der Waals surface area contributed by atoms with Crippen LogP contribution in [0.3, 0.4) is 0 Å². The fourth-order valence-corrected chi connectivity index (χ4v) is 2.05. The molecule has 0 spiro atoms. The third kappa shape index (κ3) is 4.12. The van der Waals surface area contributed by atoms with Gasteiger partial charge in [-0.2, -0.15) is 0 Å². The molecule has 0 aliphatic carbocycles. The highest BCUT2D eigenvalue weighted by Crippen LogP contribution is 2.19. The number of amides is 1. The Hall–Kier alpha value is -0.570. The van der Waals surface area contributed by atoms with Crippen molar-refractivity contribution in [3.05, 3.63) is 0 Å². The zero-order valence-electron chi connectivity index (χ0n) is 11.1. The lowest BCUT2D eigenvalue weighted by atomic mass is 9.94. The molecule has 1 heterocycles. The molecular weight excluding hydrogens is 202 g/mol. The standard InChI is InChI=1S/C13H25NO2/c1-13(2,3)12(15)14(4)9-8-11-7-5-6-10-16-11/h11H,5-10H2,1-4H3. The minimum Gasteiger partial charge on any atom is -0.378 e. The van der Waals surface area contributed by atoms with Crippen LogP contribution in [0, 0.1) is 5.41 Å². The monoisotopic (exact) mass is 227 g/mol. The van der Waals surface area contributed by atoms with Crippen LogP contribution in [-0.2, 0) is 9.53 Å². The second-order valence-corrected chi connectivity index (χ2v) is 5.75. The number of hydrogen-bond donors (Lipinski definition) is 0. The number of carbonyl (C=O) groups is 1. The maximum absolute atomic E-state index is 11.9. The first-order chi connectivity index (χ1) is 7.41. The van der Waals surface area contributed by atoms with E-state index >= 15 is 0 Å². The molecule has 1 aliphatic rings. The van der Waals surface area contributed by atoms with E-state index in [4.69, 9.17) is 4.74 Å². The fourth-order valence-electron chi connectivity index (χ4n) is 2.05.